The van der Waals surface area contributed by atoms with Crippen LogP contribution in [-0.4, -0.2) is 10.9 Å². The van der Waals surface area contributed by atoms with Gasteiger partial charge in [0.25, 0.3) is 5.91 Å². The number of rotatable bonds is 2. The average molecular weight is 363 g/mol. The first-order valence-electron chi connectivity index (χ1n) is 5.57. The number of anilines is 1. The molecule has 0 aliphatic heterocycles. The highest BCUT2D eigenvalue weighted by atomic mass is 79.9. The minimum atomic E-state index is -4.57. The molecule has 0 unspecified atom stereocenters. The fourth-order valence-electron chi connectivity index (χ4n) is 1.48. The van der Waals surface area contributed by atoms with Crippen LogP contribution in [0.5, 0.6) is 0 Å². The molecule has 0 aliphatic rings. The molecule has 2 rings (SSSR count). The smallest absolute Gasteiger partial charge is 0.321 e. The Balaban J connectivity index is 2.19. The summed E-state index contributed by atoms with van der Waals surface area (Å²) in [5.74, 6) is -1.25. The number of carbonyl (C=O) groups is 1. The third-order valence-electron chi connectivity index (χ3n) is 2.49. The largest absolute Gasteiger partial charge is 0.433 e. The Morgan fingerprint density at radius 2 is 1.90 bits per heavy atom. The van der Waals surface area contributed by atoms with E-state index in [1.165, 1.54) is 12.1 Å². The Morgan fingerprint density at radius 1 is 1.19 bits per heavy atom. The van der Waals surface area contributed by atoms with Crippen LogP contribution in [0.25, 0.3) is 0 Å². The lowest BCUT2D eigenvalue weighted by Gasteiger charge is -2.09. The quantitative estimate of drug-likeness (QED) is 0.811. The summed E-state index contributed by atoms with van der Waals surface area (Å²) in [4.78, 5) is 15.0. The molecule has 110 valence electrons. The van der Waals surface area contributed by atoms with Crippen LogP contribution >= 0.6 is 15.9 Å². The Bertz CT molecular complexity index is 671. The molecule has 21 heavy (non-hydrogen) atoms. The maximum absolute atomic E-state index is 13.1. The van der Waals surface area contributed by atoms with E-state index in [-0.39, 0.29) is 11.3 Å². The zero-order valence-corrected chi connectivity index (χ0v) is 11.8. The van der Waals surface area contributed by atoms with Gasteiger partial charge < -0.3 is 5.32 Å². The maximum Gasteiger partial charge on any atom is 0.433 e. The highest BCUT2D eigenvalue weighted by Gasteiger charge is 2.32. The van der Waals surface area contributed by atoms with Gasteiger partial charge in [0.05, 0.1) is 11.3 Å². The van der Waals surface area contributed by atoms with Gasteiger partial charge in [-0.25, -0.2) is 4.39 Å². The first-order valence-corrected chi connectivity index (χ1v) is 6.36. The molecule has 8 heteroatoms. The summed E-state index contributed by atoms with van der Waals surface area (Å²) >= 11 is 3.12. The van der Waals surface area contributed by atoms with Crippen molar-refractivity contribution < 1.29 is 22.4 Å². The summed E-state index contributed by atoms with van der Waals surface area (Å²) in [5, 5.41) is 2.38. The molecule has 2 aromatic rings. The van der Waals surface area contributed by atoms with Crippen molar-refractivity contribution in [3.8, 4) is 0 Å². The van der Waals surface area contributed by atoms with Gasteiger partial charge in [-0.1, -0.05) is 0 Å². The zero-order chi connectivity index (χ0) is 15.6. The van der Waals surface area contributed by atoms with E-state index in [0.717, 1.165) is 18.3 Å². The van der Waals surface area contributed by atoms with Gasteiger partial charge >= 0.3 is 6.18 Å². The number of carbonyl (C=O) groups excluding carboxylic acids is 1. The standard InChI is InChI=1S/C13H7BrF4N2O/c14-9-3-2-8(15)5-10(9)20-12(21)7-1-4-11(19-6-7)13(16,17)18/h1-6H,(H,20,21). The normalized spacial score (nSPS) is 11.3. The molecule has 0 radical (unpaired) electrons. The number of alkyl halides is 3. The first kappa shape index (κ1) is 15.4. The number of nitrogens with one attached hydrogen (secondary N) is 1. The fraction of sp³-hybridized carbons (Fsp3) is 0.0769. The van der Waals surface area contributed by atoms with Crippen molar-refractivity contribution in [2.45, 2.75) is 6.18 Å². The Hall–Kier alpha value is -1.96. The Kier molecular flexibility index (Phi) is 4.26. The summed E-state index contributed by atoms with van der Waals surface area (Å²) in [6.07, 6.45) is -3.76. The van der Waals surface area contributed by atoms with E-state index in [9.17, 15) is 22.4 Å². The van der Waals surface area contributed by atoms with Gasteiger partial charge in [-0.3, -0.25) is 9.78 Å². The SMILES string of the molecule is O=C(Nc1cc(F)ccc1Br)c1ccc(C(F)(F)F)nc1. The first-order chi connectivity index (χ1) is 9.77. The summed E-state index contributed by atoms with van der Waals surface area (Å²) in [6, 6.07) is 5.38. The lowest BCUT2D eigenvalue weighted by Crippen LogP contribution is -2.14. The average Bonchev–Trinajstić information content (AvgIpc) is 2.42. The summed E-state index contributed by atoms with van der Waals surface area (Å²) in [7, 11) is 0. The molecule has 0 aliphatic carbocycles. The van der Waals surface area contributed by atoms with Crippen molar-refractivity contribution in [2.75, 3.05) is 5.32 Å². The van der Waals surface area contributed by atoms with Crippen LogP contribution in [-0.2, 0) is 6.18 Å². The van der Waals surface area contributed by atoms with Crippen LogP contribution in [0.1, 0.15) is 16.1 Å². The number of amides is 1. The van der Waals surface area contributed by atoms with Gasteiger partial charge in [-0.15, -0.1) is 0 Å². The summed E-state index contributed by atoms with van der Waals surface area (Å²) < 4.78 is 50.6. The van der Waals surface area contributed by atoms with E-state index in [1.54, 1.807) is 0 Å². The van der Waals surface area contributed by atoms with Crippen molar-refractivity contribution in [3.63, 3.8) is 0 Å². The predicted octanol–water partition coefficient (Wildman–Crippen LogP) is 4.25. The molecule has 0 atom stereocenters. The monoisotopic (exact) mass is 362 g/mol. The van der Waals surface area contributed by atoms with E-state index in [0.29, 0.717) is 10.5 Å². The molecule has 3 nitrogen and oxygen atoms in total. The molecule has 0 fully saturated rings. The van der Waals surface area contributed by atoms with Gasteiger partial charge in [0.2, 0.25) is 0 Å². The summed E-state index contributed by atoms with van der Waals surface area (Å²) in [5.41, 5.74) is -0.995. The number of pyridine rings is 1. The third-order valence-corrected chi connectivity index (χ3v) is 3.18. The molecule has 1 heterocycles. The second kappa shape index (κ2) is 5.80. The number of benzene rings is 1. The van der Waals surface area contributed by atoms with Crippen molar-refractivity contribution in [1.82, 2.24) is 4.98 Å². The minimum absolute atomic E-state index is 0.0702. The molecule has 0 saturated heterocycles. The topological polar surface area (TPSA) is 42.0 Å². The second-order valence-corrected chi connectivity index (χ2v) is 4.86. The number of hydrogen-bond acceptors (Lipinski definition) is 2. The van der Waals surface area contributed by atoms with Gasteiger partial charge in [-0.2, -0.15) is 13.2 Å². The Labute approximate surface area is 125 Å². The van der Waals surface area contributed by atoms with Gasteiger partial charge in [0, 0.05) is 10.7 Å². The highest BCUT2D eigenvalue weighted by molar-refractivity contribution is 9.10. The maximum atomic E-state index is 13.1. The molecule has 1 aromatic carbocycles. The van der Waals surface area contributed by atoms with Gasteiger partial charge in [0.1, 0.15) is 11.5 Å². The number of aromatic nitrogens is 1. The fourth-order valence-corrected chi connectivity index (χ4v) is 1.83. The van der Waals surface area contributed by atoms with Crippen molar-refractivity contribution in [3.05, 3.63) is 58.1 Å². The summed E-state index contributed by atoms with van der Waals surface area (Å²) in [6.45, 7) is 0. The van der Waals surface area contributed by atoms with Crippen LogP contribution in [0.2, 0.25) is 0 Å². The molecule has 0 spiro atoms. The molecule has 0 saturated carbocycles. The van der Waals surface area contributed by atoms with Crippen LogP contribution in [0, 0.1) is 5.82 Å². The van der Waals surface area contributed by atoms with E-state index < -0.39 is 23.6 Å². The van der Waals surface area contributed by atoms with Crippen molar-refractivity contribution in [1.29, 1.82) is 0 Å². The van der Waals surface area contributed by atoms with E-state index in [1.807, 2.05) is 0 Å². The molecule has 1 amide bonds. The number of nitrogens with zero attached hydrogens (tertiary/aromatic N) is 1. The van der Waals surface area contributed by atoms with Crippen LogP contribution in [0.15, 0.2) is 41.0 Å². The van der Waals surface area contributed by atoms with E-state index in [4.69, 9.17) is 0 Å². The van der Waals surface area contributed by atoms with Crippen LogP contribution < -0.4 is 5.32 Å². The van der Waals surface area contributed by atoms with Crippen molar-refractivity contribution >= 4 is 27.5 Å². The third kappa shape index (κ3) is 3.78. The minimum Gasteiger partial charge on any atom is -0.321 e. The molecule has 0 bridgehead atoms. The van der Waals surface area contributed by atoms with Crippen molar-refractivity contribution in [2.24, 2.45) is 0 Å². The van der Waals surface area contributed by atoms with Crippen LogP contribution in [0.4, 0.5) is 23.2 Å². The molecular formula is C13H7BrF4N2O. The second-order valence-electron chi connectivity index (χ2n) is 4.01. The van der Waals surface area contributed by atoms with Gasteiger partial charge in [-0.05, 0) is 46.3 Å². The molecule has 1 aromatic heterocycles. The lowest BCUT2D eigenvalue weighted by molar-refractivity contribution is -0.141. The predicted molar refractivity (Wildman–Crippen MR) is 71.3 cm³/mol. The van der Waals surface area contributed by atoms with E-state index in [2.05, 4.69) is 26.2 Å². The number of halogens is 5. The highest BCUT2D eigenvalue weighted by Crippen LogP contribution is 2.27. The van der Waals surface area contributed by atoms with Crippen LogP contribution in [0.3, 0.4) is 0 Å². The Morgan fingerprint density at radius 3 is 2.48 bits per heavy atom. The molecule has 1 N–H and O–H groups in total. The zero-order valence-electron chi connectivity index (χ0n) is 10.2. The lowest BCUT2D eigenvalue weighted by atomic mass is 10.2. The number of hydrogen-bond donors (Lipinski definition) is 1. The van der Waals surface area contributed by atoms with Gasteiger partial charge in [0.15, 0.2) is 0 Å². The molecular weight excluding hydrogens is 356 g/mol. The van der Waals surface area contributed by atoms with E-state index >= 15 is 0 Å².